The number of carbonyl (C=O) groups excluding carboxylic acids is 3. The second-order valence-corrected chi connectivity index (χ2v) is 10.1. The van der Waals surface area contributed by atoms with Gasteiger partial charge in [-0.15, -0.1) is 0 Å². The summed E-state index contributed by atoms with van der Waals surface area (Å²) in [5.74, 6) is -3.46. The molecule has 4 aromatic rings. The van der Waals surface area contributed by atoms with Gasteiger partial charge in [0.25, 0.3) is 0 Å². The van der Waals surface area contributed by atoms with Crippen LogP contribution in [0.25, 0.3) is 21.8 Å². The average Bonchev–Trinajstić information content (AvgIpc) is 3.54. The summed E-state index contributed by atoms with van der Waals surface area (Å²) in [6.45, 7) is 2.75. The third-order valence-corrected chi connectivity index (χ3v) is 6.92. The summed E-state index contributed by atoms with van der Waals surface area (Å²) in [7, 11) is 0. The molecule has 3 amide bonds. The van der Waals surface area contributed by atoms with Gasteiger partial charge in [-0.05, 0) is 37.1 Å². The van der Waals surface area contributed by atoms with Crippen molar-refractivity contribution in [3.8, 4) is 0 Å². The van der Waals surface area contributed by atoms with E-state index in [-0.39, 0.29) is 12.8 Å². The SMILES string of the molecule is CC(N)C(=O)NC(C(=O)NC(Cc1c[nH]c2ccccc12)C(=O)NC(Cc1c[nH]c2ccccc12)C(=O)O)C(C)O. The number of hydrogen-bond acceptors (Lipinski definition) is 6. The number of aromatic amines is 2. The van der Waals surface area contributed by atoms with Gasteiger partial charge in [0, 0.05) is 47.0 Å². The first-order valence-corrected chi connectivity index (χ1v) is 13.2. The highest BCUT2D eigenvalue weighted by molar-refractivity contribution is 5.95. The molecule has 2 aromatic heterocycles. The molecule has 41 heavy (non-hydrogen) atoms. The third-order valence-electron chi connectivity index (χ3n) is 6.92. The third kappa shape index (κ3) is 6.91. The Hall–Kier alpha value is -4.68. The Morgan fingerprint density at radius 1 is 0.756 bits per heavy atom. The summed E-state index contributed by atoms with van der Waals surface area (Å²) < 4.78 is 0. The van der Waals surface area contributed by atoms with E-state index in [9.17, 15) is 29.4 Å². The number of carboxylic acid groups (broad SMARTS) is 1. The molecule has 0 saturated carbocycles. The average molecular weight is 563 g/mol. The van der Waals surface area contributed by atoms with Gasteiger partial charge in [-0.1, -0.05) is 36.4 Å². The zero-order valence-corrected chi connectivity index (χ0v) is 22.7. The lowest BCUT2D eigenvalue weighted by Crippen LogP contribution is -2.60. The molecule has 0 aliphatic rings. The van der Waals surface area contributed by atoms with Crippen LogP contribution in [0.3, 0.4) is 0 Å². The predicted molar refractivity (Wildman–Crippen MR) is 153 cm³/mol. The number of nitrogens with one attached hydrogen (secondary N) is 5. The number of para-hydroxylation sites is 2. The molecule has 0 aliphatic heterocycles. The molecule has 12 nitrogen and oxygen atoms in total. The molecule has 4 rings (SSSR count). The Balaban J connectivity index is 1.59. The van der Waals surface area contributed by atoms with Crippen molar-refractivity contribution >= 4 is 45.5 Å². The summed E-state index contributed by atoms with van der Waals surface area (Å²) in [6.07, 6.45) is 2.12. The highest BCUT2D eigenvalue weighted by Crippen LogP contribution is 2.21. The lowest BCUT2D eigenvalue weighted by molar-refractivity contribution is -0.142. The van der Waals surface area contributed by atoms with Crippen molar-refractivity contribution in [2.45, 2.75) is 57.0 Å². The number of hydrogen-bond donors (Lipinski definition) is 8. The normalized spacial score (nSPS) is 15.0. The lowest BCUT2D eigenvalue weighted by Gasteiger charge is -2.26. The molecule has 12 heteroatoms. The Morgan fingerprint density at radius 2 is 1.24 bits per heavy atom. The predicted octanol–water partition coefficient (Wildman–Crippen LogP) is 0.701. The Bertz CT molecular complexity index is 1560. The maximum atomic E-state index is 13.6. The molecule has 0 spiro atoms. The standard InChI is InChI=1S/C29H34N6O6/c1-15(30)26(37)35-25(16(2)36)28(39)33-23(11-17-13-31-21-9-5-3-7-19(17)21)27(38)34-24(29(40)41)12-18-14-32-22-10-6-4-8-20(18)22/h3-10,13-16,23-25,31-32,36H,11-12,30H2,1-2H3,(H,33,39)(H,34,38)(H,35,37)(H,40,41). The molecule has 9 N–H and O–H groups in total. The largest absolute Gasteiger partial charge is 0.480 e. The Kier molecular flexibility index (Phi) is 9.05. The number of amides is 3. The maximum Gasteiger partial charge on any atom is 0.326 e. The van der Waals surface area contributed by atoms with E-state index in [0.29, 0.717) is 11.1 Å². The van der Waals surface area contributed by atoms with Crippen molar-refractivity contribution in [2.24, 2.45) is 5.73 Å². The van der Waals surface area contributed by atoms with Crippen LogP contribution in [0.4, 0.5) is 0 Å². The fourth-order valence-electron chi connectivity index (χ4n) is 4.67. The number of aromatic nitrogens is 2. The van der Waals surface area contributed by atoms with Crippen molar-refractivity contribution in [1.82, 2.24) is 25.9 Å². The van der Waals surface area contributed by atoms with E-state index < -0.39 is 54.0 Å². The van der Waals surface area contributed by atoms with Crippen LogP contribution in [0.15, 0.2) is 60.9 Å². The minimum Gasteiger partial charge on any atom is -0.480 e. The van der Waals surface area contributed by atoms with Gasteiger partial charge in [0.05, 0.1) is 12.1 Å². The minimum absolute atomic E-state index is 0.000413. The van der Waals surface area contributed by atoms with E-state index in [2.05, 4.69) is 25.9 Å². The minimum atomic E-state index is -1.40. The van der Waals surface area contributed by atoms with Gasteiger partial charge >= 0.3 is 5.97 Å². The van der Waals surface area contributed by atoms with Crippen molar-refractivity contribution < 1.29 is 29.4 Å². The van der Waals surface area contributed by atoms with Gasteiger partial charge in [-0.25, -0.2) is 4.79 Å². The van der Waals surface area contributed by atoms with Gasteiger partial charge in [-0.3, -0.25) is 14.4 Å². The Morgan fingerprint density at radius 3 is 1.73 bits per heavy atom. The van der Waals surface area contributed by atoms with Crippen LogP contribution in [-0.4, -0.2) is 74.1 Å². The number of aliphatic hydroxyl groups is 1. The van der Waals surface area contributed by atoms with Crippen LogP contribution in [0.2, 0.25) is 0 Å². The van der Waals surface area contributed by atoms with Crippen LogP contribution < -0.4 is 21.7 Å². The van der Waals surface area contributed by atoms with E-state index in [1.807, 2.05) is 48.5 Å². The fourth-order valence-corrected chi connectivity index (χ4v) is 4.67. The smallest absolute Gasteiger partial charge is 0.326 e. The number of rotatable bonds is 12. The number of H-pyrrole nitrogens is 2. The molecule has 2 aromatic carbocycles. The molecule has 0 fully saturated rings. The molecule has 5 unspecified atom stereocenters. The highest BCUT2D eigenvalue weighted by atomic mass is 16.4. The van der Waals surface area contributed by atoms with Crippen LogP contribution in [-0.2, 0) is 32.0 Å². The second-order valence-electron chi connectivity index (χ2n) is 10.1. The van der Waals surface area contributed by atoms with Gasteiger partial charge in [0.2, 0.25) is 17.7 Å². The van der Waals surface area contributed by atoms with Gasteiger partial charge < -0.3 is 41.9 Å². The monoisotopic (exact) mass is 562 g/mol. The number of carboxylic acids is 1. The van der Waals surface area contributed by atoms with Crippen molar-refractivity contribution in [3.05, 3.63) is 72.1 Å². The van der Waals surface area contributed by atoms with Gasteiger partial charge in [0.1, 0.15) is 18.1 Å². The van der Waals surface area contributed by atoms with E-state index in [0.717, 1.165) is 21.8 Å². The van der Waals surface area contributed by atoms with Crippen molar-refractivity contribution in [2.75, 3.05) is 0 Å². The zero-order chi connectivity index (χ0) is 29.7. The summed E-state index contributed by atoms with van der Waals surface area (Å²) in [5, 5.41) is 29.4. The zero-order valence-electron chi connectivity index (χ0n) is 22.7. The first kappa shape index (κ1) is 29.3. The van der Waals surface area contributed by atoms with Crippen LogP contribution in [0, 0.1) is 0 Å². The highest BCUT2D eigenvalue weighted by Gasteiger charge is 2.32. The number of aliphatic carboxylic acids is 1. The van der Waals surface area contributed by atoms with Crippen LogP contribution in [0.5, 0.6) is 0 Å². The van der Waals surface area contributed by atoms with Crippen LogP contribution in [0.1, 0.15) is 25.0 Å². The number of fused-ring (bicyclic) bond motifs is 2. The summed E-state index contributed by atoms with van der Waals surface area (Å²) >= 11 is 0. The molecule has 0 aliphatic carbocycles. The molecule has 0 radical (unpaired) electrons. The Labute approximate surface area is 235 Å². The molecular formula is C29H34N6O6. The topological polar surface area (TPSA) is 202 Å². The number of benzene rings is 2. The van der Waals surface area contributed by atoms with Gasteiger partial charge in [-0.2, -0.15) is 0 Å². The molecular weight excluding hydrogens is 528 g/mol. The second kappa shape index (κ2) is 12.7. The summed E-state index contributed by atoms with van der Waals surface area (Å²) in [4.78, 5) is 57.4. The quantitative estimate of drug-likeness (QED) is 0.124. The van der Waals surface area contributed by atoms with E-state index in [1.165, 1.54) is 13.8 Å². The maximum absolute atomic E-state index is 13.6. The van der Waals surface area contributed by atoms with E-state index >= 15 is 0 Å². The fraction of sp³-hybridized carbons (Fsp3) is 0.310. The number of nitrogens with two attached hydrogens (primary N) is 1. The van der Waals surface area contributed by atoms with Gasteiger partial charge in [0.15, 0.2) is 0 Å². The first-order chi connectivity index (χ1) is 19.5. The van der Waals surface area contributed by atoms with Crippen molar-refractivity contribution in [3.63, 3.8) is 0 Å². The first-order valence-electron chi connectivity index (χ1n) is 13.2. The van der Waals surface area contributed by atoms with E-state index in [4.69, 9.17) is 5.73 Å². The molecule has 2 heterocycles. The molecule has 216 valence electrons. The summed E-state index contributed by atoms with van der Waals surface area (Å²) in [5.41, 5.74) is 8.67. The number of aliphatic hydroxyl groups excluding tert-OH is 1. The lowest BCUT2D eigenvalue weighted by atomic mass is 10.0. The molecule has 5 atom stereocenters. The molecule has 0 saturated heterocycles. The van der Waals surface area contributed by atoms with E-state index in [1.54, 1.807) is 12.4 Å². The number of carbonyl (C=O) groups is 4. The molecule has 0 bridgehead atoms. The van der Waals surface area contributed by atoms with Crippen LogP contribution >= 0.6 is 0 Å². The summed E-state index contributed by atoms with van der Waals surface area (Å²) in [6, 6.07) is 9.96. The van der Waals surface area contributed by atoms with Crippen molar-refractivity contribution in [1.29, 1.82) is 0 Å².